The first-order valence-electron chi connectivity index (χ1n) is 6.03. The van der Waals surface area contributed by atoms with Crippen molar-refractivity contribution in [3.05, 3.63) is 29.3 Å². The fourth-order valence-electron chi connectivity index (χ4n) is 1.65. The van der Waals surface area contributed by atoms with Crippen LogP contribution >= 0.6 is 0 Å². The van der Waals surface area contributed by atoms with Gasteiger partial charge in [0, 0.05) is 6.42 Å². The van der Waals surface area contributed by atoms with Crippen LogP contribution in [0.3, 0.4) is 0 Å². The maximum atomic E-state index is 11.2. The van der Waals surface area contributed by atoms with Crippen LogP contribution in [0.25, 0.3) is 0 Å². The lowest BCUT2D eigenvalue weighted by molar-refractivity contribution is -0.121. The first kappa shape index (κ1) is 13.6. The van der Waals surface area contributed by atoms with Gasteiger partial charge in [0.15, 0.2) is 0 Å². The molecule has 0 aromatic heterocycles. The van der Waals surface area contributed by atoms with Gasteiger partial charge in [-0.25, -0.2) is 0 Å². The number of carbonyl (C=O) groups is 1. The molecule has 0 radical (unpaired) electrons. The second-order valence-corrected chi connectivity index (χ2v) is 4.35. The van der Waals surface area contributed by atoms with Crippen molar-refractivity contribution in [1.82, 2.24) is 5.32 Å². The fraction of sp³-hybridized carbons (Fsp3) is 0.500. The molecule has 94 valence electrons. The number of amides is 1. The van der Waals surface area contributed by atoms with Gasteiger partial charge in [-0.15, -0.1) is 0 Å². The quantitative estimate of drug-likeness (QED) is 0.852. The predicted molar refractivity (Wildman–Crippen MR) is 69.3 cm³/mol. The van der Waals surface area contributed by atoms with Crippen LogP contribution in [0, 0.1) is 13.8 Å². The lowest BCUT2D eigenvalue weighted by Crippen LogP contribution is -2.36. The van der Waals surface area contributed by atoms with Crippen molar-refractivity contribution in [3.8, 4) is 5.75 Å². The van der Waals surface area contributed by atoms with Crippen LogP contribution in [0.15, 0.2) is 18.2 Å². The van der Waals surface area contributed by atoms with Gasteiger partial charge in [0.2, 0.25) is 5.91 Å². The average molecular weight is 235 g/mol. The number of hydrogen-bond acceptors (Lipinski definition) is 2. The first-order chi connectivity index (χ1) is 8.04. The normalized spacial score (nSPS) is 12.0. The van der Waals surface area contributed by atoms with Crippen molar-refractivity contribution in [1.29, 1.82) is 0 Å². The van der Waals surface area contributed by atoms with Crippen molar-refractivity contribution in [3.63, 3.8) is 0 Å². The molecule has 1 N–H and O–H groups in total. The Balaban J connectivity index is 2.53. The molecule has 17 heavy (non-hydrogen) atoms. The largest absolute Gasteiger partial charge is 0.491 e. The van der Waals surface area contributed by atoms with Crippen molar-refractivity contribution >= 4 is 5.91 Å². The maximum absolute atomic E-state index is 11.2. The molecule has 0 saturated heterocycles. The van der Waals surface area contributed by atoms with Gasteiger partial charge in [0.25, 0.3) is 0 Å². The Morgan fingerprint density at radius 2 is 1.94 bits per heavy atom. The highest BCUT2D eigenvalue weighted by Gasteiger charge is 2.08. The topological polar surface area (TPSA) is 38.3 Å². The molecule has 0 aliphatic rings. The molecule has 0 aliphatic carbocycles. The SMILES string of the molecule is CCC(=O)NC(C)COc1c(C)cccc1C. The number of rotatable bonds is 5. The highest BCUT2D eigenvalue weighted by Crippen LogP contribution is 2.22. The first-order valence-corrected chi connectivity index (χ1v) is 6.03. The summed E-state index contributed by atoms with van der Waals surface area (Å²) >= 11 is 0. The van der Waals surface area contributed by atoms with Gasteiger partial charge in [-0.3, -0.25) is 4.79 Å². The highest BCUT2D eigenvalue weighted by molar-refractivity contribution is 5.75. The number of benzene rings is 1. The summed E-state index contributed by atoms with van der Waals surface area (Å²) in [6.45, 7) is 8.34. The molecular weight excluding hydrogens is 214 g/mol. The lowest BCUT2D eigenvalue weighted by atomic mass is 10.1. The molecule has 0 fully saturated rings. The minimum Gasteiger partial charge on any atom is -0.491 e. The van der Waals surface area contributed by atoms with Crippen LogP contribution in [-0.2, 0) is 4.79 Å². The molecule has 1 amide bonds. The smallest absolute Gasteiger partial charge is 0.220 e. The molecular formula is C14H21NO2. The van der Waals surface area contributed by atoms with Gasteiger partial charge in [0.05, 0.1) is 6.04 Å². The van der Waals surface area contributed by atoms with E-state index in [4.69, 9.17) is 4.74 Å². The van der Waals surface area contributed by atoms with Crippen molar-refractivity contribution in [2.45, 2.75) is 40.2 Å². The fourth-order valence-corrected chi connectivity index (χ4v) is 1.65. The zero-order valence-electron chi connectivity index (χ0n) is 11.0. The zero-order valence-corrected chi connectivity index (χ0v) is 11.0. The van der Waals surface area contributed by atoms with Gasteiger partial charge in [-0.2, -0.15) is 0 Å². The summed E-state index contributed by atoms with van der Waals surface area (Å²) in [5.41, 5.74) is 2.25. The van der Waals surface area contributed by atoms with E-state index in [0.29, 0.717) is 13.0 Å². The Morgan fingerprint density at radius 1 is 1.35 bits per heavy atom. The number of carbonyl (C=O) groups excluding carboxylic acids is 1. The maximum Gasteiger partial charge on any atom is 0.220 e. The molecule has 1 aromatic carbocycles. The molecule has 1 unspecified atom stereocenters. The van der Waals surface area contributed by atoms with Gasteiger partial charge < -0.3 is 10.1 Å². The van der Waals surface area contributed by atoms with Crippen molar-refractivity contribution in [2.24, 2.45) is 0 Å². The minimum absolute atomic E-state index is 0.0291. The number of hydrogen-bond donors (Lipinski definition) is 1. The molecule has 0 spiro atoms. The van der Waals surface area contributed by atoms with Gasteiger partial charge in [0.1, 0.15) is 12.4 Å². The number of nitrogens with one attached hydrogen (secondary N) is 1. The van der Waals surface area contributed by atoms with E-state index in [1.165, 1.54) is 0 Å². The Hall–Kier alpha value is -1.51. The van der Waals surface area contributed by atoms with E-state index >= 15 is 0 Å². The summed E-state index contributed by atoms with van der Waals surface area (Å²) in [5, 5.41) is 2.87. The van der Waals surface area contributed by atoms with Crippen LogP contribution in [0.2, 0.25) is 0 Å². The predicted octanol–water partition coefficient (Wildman–Crippen LogP) is 2.60. The van der Waals surface area contributed by atoms with E-state index in [0.717, 1.165) is 16.9 Å². The van der Waals surface area contributed by atoms with Crippen LogP contribution in [0.5, 0.6) is 5.75 Å². The second kappa shape index (κ2) is 6.28. The third-order valence-corrected chi connectivity index (χ3v) is 2.61. The number of aryl methyl sites for hydroxylation is 2. The summed E-state index contributed by atoms with van der Waals surface area (Å²) < 4.78 is 5.76. The van der Waals surface area contributed by atoms with Crippen LogP contribution in [0.4, 0.5) is 0 Å². The Bertz CT molecular complexity index is 368. The standard InChI is InChI=1S/C14H21NO2/c1-5-13(16)15-12(4)9-17-14-10(2)7-6-8-11(14)3/h6-8,12H,5,9H2,1-4H3,(H,15,16). The monoisotopic (exact) mass is 235 g/mol. The molecule has 0 aliphatic heterocycles. The van der Waals surface area contributed by atoms with E-state index in [-0.39, 0.29) is 11.9 Å². The summed E-state index contributed by atoms with van der Waals surface area (Å²) in [4.78, 5) is 11.2. The molecule has 1 rings (SSSR count). The Labute approximate surface area is 103 Å². The lowest BCUT2D eigenvalue weighted by Gasteiger charge is -2.17. The Kier molecular flexibility index (Phi) is 5.01. The van der Waals surface area contributed by atoms with Gasteiger partial charge >= 0.3 is 0 Å². The summed E-state index contributed by atoms with van der Waals surface area (Å²) in [5.74, 6) is 0.979. The van der Waals surface area contributed by atoms with Crippen LogP contribution in [-0.4, -0.2) is 18.6 Å². The van der Waals surface area contributed by atoms with Crippen LogP contribution < -0.4 is 10.1 Å². The minimum atomic E-state index is 0.0291. The molecule has 3 nitrogen and oxygen atoms in total. The van der Waals surface area contributed by atoms with E-state index in [1.54, 1.807) is 0 Å². The molecule has 0 bridgehead atoms. The summed E-state index contributed by atoms with van der Waals surface area (Å²) in [6, 6.07) is 6.09. The third kappa shape index (κ3) is 4.10. The van der Waals surface area contributed by atoms with Crippen molar-refractivity contribution < 1.29 is 9.53 Å². The highest BCUT2D eigenvalue weighted by atomic mass is 16.5. The molecule has 0 heterocycles. The zero-order chi connectivity index (χ0) is 12.8. The van der Waals surface area contributed by atoms with Gasteiger partial charge in [-0.05, 0) is 31.9 Å². The van der Waals surface area contributed by atoms with E-state index < -0.39 is 0 Å². The molecule has 1 atom stereocenters. The second-order valence-electron chi connectivity index (χ2n) is 4.35. The summed E-state index contributed by atoms with van der Waals surface area (Å²) in [7, 11) is 0. The summed E-state index contributed by atoms with van der Waals surface area (Å²) in [6.07, 6.45) is 0.508. The average Bonchev–Trinajstić information content (AvgIpc) is 2.28. The molecule has 1 aromatic rings. The van der Waals surface area contributed by atoms with Crippen LogP contribution in [0.1, 0.15) is 31.4 Å². The van der Waals surface area contributed by atoms with E-state index in [9.17, 15) is 4.79 Å². The van der Waals surface area contributed by atoms with Gasteiger partial charge in [-0.1, -0.05) is 25.1 Å². The van der Waals surface area contributed by atoms with E-state index in [1.807, 2.05) is 45.9 Å². The number of para-hydroxylation sites is 1. The van der Waals surface area contributed by atoms with Crippen molar-refractivity contribution in [2.75, 3.05) is 6.61 Å². The third-order valence-electron chi connectivity index (χ3n) is 2.61. The Morgan fingerprint density at radius 3 is 2.47 bits per heavy atom. The molecule has 3 heteroatoms. The number of ether oxygens (including phenoxy) is 1. The van der Waals surface area contributed by atoms with E-state index in [2.05, 4.69) is 5.32 Å². The molecule has 0 saturated carbocycles.